The molecule has 1 amide bonds. The number of hydrogen-bond donors (Lipinski definition) is 5. The van der Waals surface area contributed by atoms with Crippen LogP contribution in [-0.4, -0.2) is 23.9 Å². The van der Waals surface area contributed by atoms with Crippen molar-refractivity contribution in [1.82, 2.24) is 10.3 Å². The smallest absolute Gasteiger partial charge is 0.223 e. The van der Waals surface area contributed by atoms with E-state index in [1.807, 2.05) is 24.3 Å². The molecule has 0 bridgehead atoms. The Kier molecular flexibility index (Phi) is 7.48. The lowest BCUT2D eigenvalue weighted by molar-refractivity contribution is -0.114. The van der Waals surface area contributed by atoms with Crippen molar-refractivity contribution in [3.8, 4) is 0 Å². The highest BCUT2D eigenvalue weighted by atomic mass is 32.1. The number of aromatic nitrogens is 1. The van der Waals surface area contributed by atoms with Gasteiger partial charge < -0.3 is 16.0 Å². The summed E-state index contributed by atoms with van der Waals surface area (Å²) in [6.07, 6.45) is 2.40. The number of aryl methyl sites for hydroxylation is 2. The average molecular weight is 440 g/mol. The molecule has 8 heteroatoms. The van der Waals surface area contributed by atoms with Gasteiger partial charge in [0.2, 0.25) is 5.91 Å². The van der Waals surface area contributed by atoms with Gasteiger partial charge in [0, 0.05) is 35.9 Å². The van der Waals surface area contributed by atoms with E-state index in [2.05, 4.69) is 57.8 Å². The van der Waals surface area contributed by atoms with E-state index in [-0.39, 0.29) is 11.9 Å². The minimum atomic E-state index is -0.114. The predicted octanol–water partition coefficient (Wildman–Crippen LogP) is 4.33. The predicted molar refractivity (Wildman–Crippen MR) is 127 cm³/mol. The van der Waals surface area contributed by atoms with Crippen molar-refractivity contribution >= 4 is 46.7 Å². The first-order valence-corrected chi connectivity index (χ1v) is 10.9. The topological polar surface area (TPSA) is 89.9 Å². The molecule has 2 aromatic carbocycles. The molecule has 0 atom stereocenters. The van der Waals surface area contributed by atoms with Crippen LogP contribution in [0.3, 0.4) is 0 Å². The molecule has 0 unspecified atom stereocenters. The van der Waals surface area contributed by atoms with Gasteiger partial charge >= 0.3 is 0 Å². The van der Waals surface area contributed by atoms with Crippen molar-refractivity contribution < 1.29 is 4.79 Å². The van der Waals surface area contributed by atoms with Crippen LogP contribution in [0.25, 0.3) is 0 Å². The fourth-order valence-electron chi connectivity index (χ4n) is 2.94. The summed E-state index contributed by atoms with van der Waals surface area (Å²) >= 11 is 5.88. The van der Waals surface area contributed by atoms with Crippen molar-refractivity contribution in [2.45, 2.75) is 31.1 Å². The Labute approximate surface area is 186 Å². The second-order valence-corrected chi connectivity index (χ2v) is 8.46. The SMILES string of the molecule is CNC(=N)Nc1ccc(CCc2nc(NC(C)=O)sc2Cc2ccc(S)cc2)cc1. The molecule has 3 aromatic rings. The lowest BCUT2D eigenvalue weighted by Crippen LogP contribution is -2.25. The third-order valence-corrected chi connectivity index (χ3v) is 5.80. The first-order valence-electron chi connectivity index (χ1n) is 9.59. The summed E-state index contributed by atoms with van der Waals surface area (Å²) in [7, 11) is 1.71. The van der Waals surface area contributed by atoms with Crippen LogP contribution in [0.15, 0.2) is 53.4 Å². The molecule has 0 fully saturated rings. The second-order valence-electron chi connectivity index (χ2n) is 6.86. The minimum absolute atomic E-state index is 0.114. The lowest BCUT2D eigenvalue weighted by Gasteiger charge is -2.08. The third kappa shape index (κ3) is 6.33. The number of rotatable bonds is 7. The van der Waals surface area contributed by atoms with E-state index in [0.717, 1.165) is 40.4 Å². The Morgan fingerprint density at radius 3 is 2.33 bits per heavy atom. The van der Waals surface area contributed by atoms with Crippen molar-refractivity contribution in [2.75, 3.05) is 17.7 Å². The Balaban J connectivity index is 1.71. The molecular formula is C22H25N5OS2. The maximum Gasteiger partial charge on any atom is 0.223 e. The summed E-state index contributed by atoms with van der Waals surface area (Å²) in [6, 6.07) is 16.1. The van der Waals surface area contributed by atoms with E-state index >= 15 is 0 Å². The van der Waals surface area contributed by atoms with Crippen LogP contribution in [-0.2, 0) is 24.1 Å². The van der Waals surface area contributed by atoms with Crippen LogP contribution in [0, 0.1) is 5.41 Å². The number of thiazole rings is 1. The monoisotopic (exact) mass is 439 g/mol. The molecule has 0 radical (unpaired) electrons. The molecule has 1 aromatic heterocycles. The molecule has 1 heterocycles. The summed E-state index contributed by atoms with van der Waals surface area (Å²) in [5.74, 6) is 0.141. The minimum Gasteiger partial charge on any atom is -0.359 e. The summed E-state index contributed by atoms with van der Waals surface area (Å²) < 4.78 is 0. The zero-order chi connectivity index (χ0) is 21.5. The molecule has 0 saturated heterocycles. The van der Waals surface area contributed by atoms with Gasteiger partial charge in [-0.3, -0.25) is 10.2 Å². The van der Waals surface area contributed by atoms with Gasteiger partial charge in [0.25, 0.3) is 0 Å². The summed E-state index contributed by atoms with van der Waals surface area (Å²) in [4.78, 5) is 18.2. The molecule has 0 aliphatic carbocycles. The maximum absolute atomic E-state index is 11.5. The molecule has 3 rings (SSSR count). The molecule has 0 spiro atoms. The van der Waals surface area contributed by atoms with Gasteiger partial charge in [-0.25, -0.2) is 4.98 Å². The largest absolute Gasteiger partial charge is 0.359 e. The van der Waals surface area contributed by atoms with Crippen LogP contribution in [0.4, 0.5) is 10.8 Å². The highest BCUT2D eigenvalue weighted by Gasteiger charge is 2.13. The van der Waals surface area contributed by atoms with E-state index in [9.17, 15) is 4.79 Å². The highest BCUT2D eigenvalue weighted by Crippen LogP contribution is 2.27. The normalized spacial score (nSPS) is 10.5. The number of benzene rings is 2. The van der Waals surface area contributed by atoms with Crippen LogP contribution < -0.4 is 16.0 Å². The third-order valence-electron chi connectivity index (χ3n) is 4.49. The van der Waals surface area contributed by atoms with E-state index in [4.69, 9.17) is 5.41 Å². The van der Waals surface area contributed by atoms with E-state index in [1.165, 1.54) is 29.4 Å². The molecule has 0 aliphatic heterocycles. The van der Waals surface area contributed by atoms with Crippen LogP contribution in [0.1, 0.15) is 28.6 Å². The molecule has 156 valence electrons. The Morgan fingerprint density at radius 2 is 1.70 bits per heavy atom. The van der Waals surface area contributed by atoms with E-state index < -0.39 is 0 Å². The fraction of sp³-hybridized carbons (Fsp3) is 0.227. The number of carbonyl (C=O) groups is 1. The van der Waals surface area contributed by atoms with Gasteiger partial charge in [0.1, 0.15) is 0 Å². The van der Waals surface area contributed by atoms with Gasteiger partial charge in [-0.2, -0.15) is 0 Å². The van der Waals surface area contributed by atoms with Crippen molar-refractivity contribution in [3.63, 3.8) is 0 Å². The summed E-state index contributed by atoms with van der Waals surface area (Å²) in [5.41, 5.74) is 4.26. The summed E-state index contributed by atoms with van der Waals surface area (Å²) in [5, 5.41) is 16.8. The Bertz CT molecular complexity index is 1010. The average Bonchev–Trinajstić information content (AvgIpc) is 3.09. The van der Waals surface area contributed by atoms with Gasteiger partial charge in [0.05, 0.1) is 5.69 Å². The second kappa shape index (κ2) is 10.3. The van der Waals surface area contributed by atoms with Crippen molar-refractivity contribution in [2.24, 2.45) is 0 Å². The van der Waals surface area contributed by atoms with Gasteiger partial charge in [-0.1, -0.05) is 24.3 Å². The van der Waals surface area contributed by atoms with Crippen LogP contribution in [0.2, 0.25) is 0 Å². The number of thiol groups is 1. The number of nitrogens with zero attached hydrogens (tertiary/aromatic N) is 1. The molecular weight excluding hydrogens is 414 g/mol. The van der Waals surface area contributed by atoms with E-state index in [1.54, 1.807) is 7.05 Å². The number of hydrogen-bond acceptors (Lipinski definition) is 5. The first-order chi connectivity index (χ1) is 14.4. The van der Waals surface area contributed by atoms with Gasteiger partial charge in [-0.05, 0) is 48.2 Å². The lowest BCUT2D eigenvalue weighted by atomic mass is 10.0. The van der Waals surface area contributed by atoms with Gasteiger partial charge in [0.15, 0.2) is 11.1 Å². The molecule has 0 aliphatic rings. The molecule has 6 nitrogen and oxygen atoms in total. The number of carbonyl (C=O) groups excluding carboxylic acids is 1. The van der Waals surface area contributed by atoms with Gasteiger partial charge in [-0.15, -0.1) is 24.0 Å². The summed E-state index contributed by atoms with van der Waals surface area (Å²) in [6.45, 7) is 1.50. The fourth-order valence-corrected chi connectivity index (χ4v) is 4.18. The maximum atomic E-state index is 11.5. The quantitative estimate of drug-likeness (QED) is 0.215. The zero-order valence-electron chi connectivity index (χ0n) is 17.0. The van der Waals surface area contributed by atoms with Crippen LogP contribution in [0.5, 0.6) is 0 Å². The first kappa shape index (κ1) is 21.9. The molecule has 0 saturated carbocycles. The number of anilines is 2. The zero-order valence-corrected chi connectivity index (χ0v) is 18.7. The van der Waals surface area contributed by atoms with Crippen molar-refractivity contribution in [1.29, 1.82) is 5.41 Å². The number of nitrogens with one attached hydrogen (secondary N) is 4. The number of amides is 1. The van der Waals surface area contributed by atoms with E-state index in [0.29, 0.717) is 5.13 Å². The molecule has 30 heavy (non-hydrogen) atoms. The Hall–Kier alpha value is -2.84. The van der Waals surface area contributed by atoms with Crippen molar-refractivity contribution in [3.05, 3.63) is 70.2 Å². The molecule has 4 N–H and O–H groups in total. The van der Waals surface area contributed by atoms with Crippen LogP contribution >= 0.6 is 24.0 Å². The number of guanidine groups is 1. The standard InChI is InChI=1S/C22H25N5OS2/c1-14(28)25-22-27-19(20(30-22)13-16-5-10-18(29)11-6-16)12-7-15-3-8-17(9-4-15)26-21(23)24-2/h3-6,8-11,29H,7,12-13H2,1-2H3,(H3,23,24,26)(H,25,27,28). The Morgan fingerprint density at radius 1 is 1.03 bits per heavy atom. The highest BCUT2D eigenvalue weighted by molar-refractivity contribution is 7.80.